The van der Waals surface area contributed by atoms with Gasteiger partial charge < -0.3 is 10.2 Å². The molecule has 2 amide bonds. The summed E-state index contributed by atoms with van der Waals surface area (Å²) in [5.74, 6) is -0.112. The molecule has 0 fully saturated rings. The quantitative estimate of drug-likeness (QED) is 0.634. The van der Waals surface area contributed by atoms with E-state index in [2.05, 4.69) is 5.32 Å². The Bertz CT molecular complexity index is 1000. The number of benzene rings is 2. The van der Waals surface area contributed by atoms with Gasteiger partial charge in [-0.1, -0.05) is 48.0 Å². The molecule has 4 rings (SSSR count). The molecule has 0 unspecified atom stereocenters. The predicted octanol–water partition coefficient (Wildman–Crippen LogP) is 4.81. The van der Waals surface area contributed by atoms with E-state index in [1.165, 1.54) is 0 Å². The second-order valence-electron chi connectivity index (χ2n) is 6.73. The Hall–Kier alpha value is -2.63. The summed E-state index contributed by atoms with van der Waals surface area (Å²) in [4.78, 5) is 28.4. The molecule has 6 heteroatoms. The average Bonchev–Trinajstić information content (AvgIpc) is 3.34. The lowest BCUT2D eigenvalue weighted by molar-refractivity contribution is -0.122. The zero-order valence-electron chi connectivity index (χ0n) is 15.1. The fourth-order valence-corrected chi connectivity index (χ4v) is 4.52. The molecule has 0 spiro atoms. The first-order valence-electron chi connectivity index (χ1n) is 9.05. The van der Waals surface area contributed by atoms with E-state index < -0.39 is 0 Å². The monoisotopic (exact) mass is 410 g/mol. The third kappa shape index (κ3) is 3.96. The molecule has 2 heterocycles. The molecule has 4 nitrogen and oxygen atoms in total. The predicted molar refractivity (Wildman–Crippen MR) is 111 cm³/mol. The topological polar surface area (TPSA) is 49.4 Å². The number of hydrogen-bond donors (Lipinski definition) is 1. The van der Waals surface area contributed by atoms with Gasteiger partial charge in [-0.15, -0.1) is 11.3 Å². The highest BCUT2D eigenvalue weighted by Crippen LogP contribution is 2.35. The summed E-state index contributed by atoms with van der Waals surface area (Å²) < 4.78 is 0. The van der Waals surface area contributed by atoms with Crippen LogP contribution >= 0.6 is 22.9 Å². The SMILES string of the molecule is O=C(C[C@@H](c1cccs1)N1Cc2ccccc2C1=O)NCc1cccc(Cl)c1. The Balaban J connectivity index is 1.49. The van der Waals surface area contributed by atoms with Crippen molar-refractivity contribution in [3.63, 3.8) is 0 Å². The number of hydrogen-bond acceptors (Lipinski definition) is 3. The molecule has 1 N–H and O–H groups in total. The Morgan fingerprint density at radius 1 is 1.14 bits per heavy atom. The van der Waals surface area contributed by atoms with Gasteiger partial charge in [-0.25, -0.2) is 0 Å². The molecule has 0 bridgehead atoms. The fraction of sp³-hybridized carbons (Fsp3) is 0.182. The fourth-order valence-electron chi connectivity index (χ4n) is 3.47. The number of halogens is 1. The molecule has 1 atom stereocenters. The van der Waals surface area contributed by atoms with Gasteiger partial charge in [-0.05, 0) is 40.8 Å². The minimum absolute atomic E-state index is 0.0170. The molecule has 1 aromatic heterocycles. The van der Waals surface area contributed by atoms with Crippen molar-refractivity contribution >= 4 is 34.8 Å². The maximum Gasteiger partial charge on any atom is 0.255 e. The molecule has 3 aromatic rings. The van der Waals surface area contributed by atoms with Gasteiger partial charge in [0.2, 0.25) is 5.91 Å². The largest absolute Gasteiger partial charge is 0.352 e. The minimum atomic E-state index is -0.278. The van der Waals surface area contributed by atoms with Crippen molar-refractivity contribution in [2.45, 2.75) is 25.6 Å². The highest BCUT2D eigenvalue weighted by atomic mass is 35.5. The van der Waals surface area contributed by atoms with E-state index in [9.17, 15) is 9.59 Å². The molecule has 142 valence electrons. The summed E-state index contributed by atoms with van der Waals surface area (Å²) in [6.07, 6.45) is 0.223. The first-order valence-corrected chi connectivity index (χ1v) is 10.3. The molecule has 0 saturated heterocycles. The molecular formula is C22H19ClN2O2S. The molecule has 0 aliphatic carbocycles. The van der Waals surface area contributed by atoms with Crippen LogP contribution in [0.4, 0.5) is 0 Å². The third-order valence-corrected chi connectivity index (χ3v) is 6.06. The lowest BCUT2D eigenvalue weighted by Gasteiger charge is -2.26. The summed E-state index contributed by atoms with van der Waals surface area (Å²) in [6.45, 7) is 0.934. The highest BCUT2D eigenvalue weighted by Gasteiger charge is 2.34. The standard InChI is InChI=1S/C22H19ClN2O2S/c23-17-7-3-5-15(11-17)13-24-21(26)12-19(20-9-4-10-28-20)25-14-16-6-1-2-8-18(16)22(25)27/h1-11,19H,12-14H2,(H,24,26)/t19-/m0/s1. The van der Waals surface area contributed by atoms with Gasteiger partial charge in [-0.3, -0.25) is 9.59 Å². The maximum absolute atomic E-state index is 12.9. The van der Waals surface area contributed by atoms with Crippen molar-refractivity contribution in [3.8, 4) is 0 Å². The molecule has 0 saturated carbocycles. The van der Waals surface area contributed by atoms with Crippen molar-refractivity contribution in [1.29, 1.82) is 0 Å². The van der Waals surface area contributed by atoms with Crippen molar-refractivity contribution in [1.82, 2.24) is 10.2 Å². The molecule has 1 aliphatic rings. The number of thiophene rings is 1. The van der Waals surface area contributed by atoms with Crippen LogP contribution < -0.4 is 5.32 Å². The van der Waals surface area contributed by atoms with Gasteiger partial charge in [0.25, 0.3) is 5.91 Å². The average molecular weight is 411 g/mol. The zero-order chi connectivity index (χ0) is 19.5. The van der Waals surface area contributed by atoms with Crippen molar-refractivity contribution < 1.29 is 9.59 Å². The second kappa shape index (κ2) is 8.17. The zero-order valence-corrected chi connectivity index (χ0v) is 16.7. The third-order valence-electron chi connectivity index (χ3n) is 4.85. The number of nitrogens with one attached hydrogen (secondary N) is 1. The minimum Gasteiger partial charge on any atom is -0.352 e. The van der Waals surface area contributed by atoms with Gasteiger partial charge in [0.15, 0.2) is 0 Å². The summed E-state index contributed by atoms with van der Waals surface area (Å²) >= 11 is 7.57. The van der Waals surface area contributed by atoms with Crippen LogP contribution in [0, 0.1) is 0 Å². The first kappa shape index (κ1) is 18.7. The molecule has 0 radical (unpaired) electrons. The number of rotatable bonds is 6. The van der Waals surface area contributed by atoms with Gasteiger partial charge in [-0.2, -0.15) is 0 Å². The first-order chi connectivity index (χ1) is 13.6. The second-order valence-corrected chi connectivity index (χ2v) is 8.15. The molecule has 1 aliphatic heterocycles. The Morgan fingerprint density at radius 3 is 2.75 bits per heavy atom. The van der Waals surface area contributed by atoms with Gasteiger partial charge >= 0.3 is 0 Å². The van der Waals surface area contributed by atoms with E-state index in [4.69, 9.17) is 11.6 Å². The van der Waals surface area contributed by atoms with Crippen LogP contribution in [0.15, 0.2) is 66.0 Å². The smallest absolute Gasteiger partial charge is 0.255 e. The van der Waals surface area contributed by atoms with E-state index in [0.29, 0.717) is 18.1 Å². The van der Waals surface area contributed by atoms with E-state index in [1.807, 2.05) is 60.0 Å². The van der Waals surface area contributed by atoms with Crippen LogP contribution in [-0.4, -0.2) is 16.7 Å². The molecular weight excluding hydrogens is 392 g/mol. The molecule has 2 aromatic carbocycles. The van der Waals surface area contributed by atoms with Crippen molar-refractivity contribution in [3.05, 3.63) is 92.6 Å². The van der Waals surface area contributed by atoms with Crippen LogP contribution in [0.3, 0.4) is 0 Å². The van der Waals surface area contributed by atoms with Gasteiger partial charge in [0.1, 0.15) is 0 Å². The van der Waals surface area contributed by atoms with Crippen LogP contribution in [0.5, 0.6) is 0 Å². The summed E-state index contributed by atoms with van der Waals surface area (Å²) in [5, 5.41) is 5.56. The number of carbonyl (C=O) groups is 2. The Kier molecular flexibility index (Phi) is 5.46. The van der Waals surface area contributed by atoms with Crippen LogP contribution in [0.25, 0.3) is 0 Å². The van der Waals surface area contributed by atoms with Gasteiger partial charge in [0.05, 0.1) is 12.5 Å². The normalized spacial score (nSPS) is 14.0. The number of amides is 2. The molecule has 28 heavy (non-hydrogen) atoms. The van der Waals surface area contributed by atoms with Crippen molar-refractivity contribution in [2.24, 2.45) is 0 Å². The maximum atomic E-state index is 12.9. The van der Waals surface area contributed by atoms with E-state index in [0.717, 1.165) is 21.6 Å². The van der Waals surface area contributed by atoms with Crippen molar-refractivity contribution in [2.75, 3.05) is 0 Å². The Labute approximate surface area is 172 Å². The van der Waals surface area contributed by atoms with E-state index in [1.54, 1.807) is 22.3 Å². The van der Waals surface area contributed by atoms with Gasteiger partial charge in [0, 0.05) is 28.6 Å². The van der Waals surface area contributed by atoms with E-state index in [-0.39, 0.29) is 24.3 Å². The lowest BCUT2D eigenvalue weighted by atomic mass is 10.1. The lowest BCUT2D eigenvalue weighted by Crippen LogP contribution is -2.33. The van der Waals surface area contributed by atoms with Crippen LogP contribution in [0.1, 0.15) is 38.8 Å². The number of carbonyl (C=O) groups excluding carboxylic acids is 2. The highest BCUT2D eigenvalue weighted by molar-refractivity contribution is 7.10. The van der Waals surface area contributed by atoms with Crippen LogP contribution in [0.2, 0.25) is 5.02 Å². The summed E-state index contributed by atoms with van der Waals surface area (Å²) in [6, 6.07) is 18.7. The number of nitrogens with zero attached hydrogens (tertiary/aromatic N) is 1. The summed E-state index contributed by atoms with van der Waals surface area (Å²) in [5.41, 5.74) is 2.68. The van der Waals surface area contributed by atoms with Crippen LogP contribution in [-0.2, 0) is 17.9 Å². The number of fused-ring (bicyclic) bond motifs is 1. The Morgan fingerprint density at radius 2 is 2.00 bits per heavy atom. The van der Waals surface area contributed by atoms with E-state index >= 15 is 0 Å². The summed E-state index contributed by atoms with van der Waals surface area (Å²) in [7, 11) is 0.